The van der Waals surface area contributed by atoms with Crippen molar-refractivity contribution in [1.29, 1.82) is 0 Å². The van der Waals surface area contributed by atoms with E-state index in [1.807, 2.05) is 11.9 Å². The fourth-order valence-electron chi connectivity index (χ4n) is 3.55. The number of rotatable bonds is 13. The molecular formula is C22H29N6O10P. The number of nitrogens with one attached hydrogen (secondary N) is 2. The first kappa shape index (κ1) is 30.1. The molecule has 3 rings (SSSR count). The zero-order valence-corrected chi connectivity index (χ0v) is 22.0. The Morgan fingerprint density at radius 2 is 2.05 bits per heavy atom. The summed E-state index contributed by atoms with van der Waals surface area (Å²) in [7, 11) is -4.49. The van der Waals surface area contributed by atoms with Crippen molar-refractivity contribution < 1.29 is 38.1 Å². The number of hydrogen-bond acceptors (Lipinski definition) is 11. The Balaban J connectivity index is 1.88. The van der Waals surface area contributed by atoms with Crippen LogP contribution in [-0.2, 0) is 23.4 Å². The summed E-state index contributed by atoms with van der Waals surface area (Å²) < 4.78 is 36.3. The minimum absolute atomic E-state index is 0.0864. The van der Waals surface area contributed by atoms with Crippen LogP contribution >= 0.6 is 7.75 Å². The number of benzene rings is 1. The average molecular weight is 568 g/mol. The van der Waals surface area contributed by atoms with E-state index in [1.165, 1.54) is 19.1 Å². The number of ether oxygens (including phenoxy) is 2. The lowest BCUT2D eigenvalue weighted by molar-refractivity contribution is -0.145. The number of carbonyl (C=O) groups excluding carboxylic acids is 1. The number of hydrogen-bond donors (Lipinski definition) is 4. The number of H-pyrrole nitrogens is 1. The van der Waals surface area contributed by atoms with Crippen LogP contribution in [0.25, 0.3) is 10.4 Å². The van der Waals surface area contributed by atoms with Crippen molar-refractivity contribution in [1.82, 2.24) is 14.6 Å². The van der Waals surface area contributed by atoms with Gasteiger partial charge in [-0.1, -0.05) is 36.7 Å². The van der Waals surface area contributed by atoms with E-state index >= 15 is 0 Å². The third kappa shape index (κ3) is 7.34. The molecule has 2 heterocycles. The fraction of sp³-hybridized carbons (Fsp3) is 0.500. The highest BCUT2D eigenvalue weighted by Crippen LogP contribution is 2.48. The molecule has 6 atom stereocenters. The van der Waals surface area contributed by atoms with Gasteiger partial charge in [0.05, 0.1) is 13.2 Å². The topological polar surface area (TPSA) is 227 Å². The van der Waals surface area contributed by atoms with Crippen LogP contribution in [0.5, 0.6) is 5.75 Å². The van der Waals surface area contributed by atoms with Crippen molar-refractivity contribution in [2.75, 3.05) is 13.2 Å². The second kappa shape index (κ2) is 13.0. The van der Waals surface area contributed by atoms with E-state index in [4.69, 9.17) is 24.1 Å². The molecule has 1 aliphatic heterocycles. The van der Waals surface area contributed by atoms with E-state index in [-0.39, 0.29) is 12.4 Å². The molecule has 0 bridgehead atoms. The first-order valence-electron chi connectivity index (χ1n) is 11.9. The lowest BCUT2D eigenvalue weighted by atomic mass is 10.1. The number of aliphatic hydroxyl groups excluding tert-OH is 2. The number of nitrogens with zero attached hydrogens (tertiary/aromatic N) is 4. The Labute approximate surface area is 221 Å². The van der Waals surface area contributed by atoms with E-state index in [2.05, 4.69) is 15.1 Å². The summed E-state index contributed by atoms with van der Waals surface area (Å²) in [6.07, 6.45) is -3.05. The highest BCUT2D eigenvalue weighted by Gasteiger charge is 2.56. The Hall–Kier alpha value is -3.49. The van der Waals surface area contributed by atoms with Crippen molar-refractivity contribution in [3.05, 3.63) is 73.9 Å². The van der Waals surface area contributed by atoms with Gasteiger partial charge in [-0.05, 0) is 31.0 Å². The maximum atomic E-state index is 13.8. The maximum Gasteiger partial charge on any atom is 0.459 e. The molecule has 0 amide bonds. The molecule has 0 radical (unpaired) electrons. The molecule has 1 aromatic carbocycles. The molecule has 0 saturated carbocycles. The van der Waals surface area contributed by atoms with Crippen molar-refractivity contribution in [2.45, 2.75) is 56.9 Å². The smallest absolute Gasteiger partial charge is 0.459 e. The highest BCUT2D eigenvalue weighted by molar-refractivity contribution is 7.52. The summed E-state index contributed by atoms with van der Waals surface area (Å²) in [5.41, 5.74) is 5.06. The van der Waals surface area contributed by atoms with E-state index in [1.54, 1.807) is 18.2 Å². The first-order valence-corrected chi connectivity index (χ1v) is 13.4. The predicted octanol–water partition coefficient (Wildman–Crippen LogP) is 1.32. The van der Waals surface area contributed by atoms with E-state index < -0.39 is 61.8 Å². The number of esters is 1. The second-order valence-electron chi connectivity index (χ2n) is 8.54. The summed E-state index contributed by atoms with van der Waals surface area (Å²) in [5, 5.41) is 27.2. The van der Waals surface area contributed by atoms with Crippen LogP contribution in [0.15, 0.2) is 57.3 Å². The van der Waals surface area contributed by atoms with Gasteiger partial charge in [0.25, 0.3) is 5.56 Å². The van der Waals surface area contributed by atoms with Gasteiger partial charge < -0.3 is 24.2 Å². The van der Waals surface area contributed by atoms with Crippen LogP contribution in [0.4, 0.5) is 0 Å². The van der Waals surface area contributed by atoms with Crippen molar-refractivity contribution in [3.63, 3.8) is 0 Å². The summed E-state index contributed by atoms with van der Waals surface area (Å²) in [6.45, 7) is 2.47. The number of aromatic nitrogens is 2. The number of azide groups is 1. The van der Waals surface area contributed by atoms with Crippen LogP contribution in [0.2, 0.25) is 0 Å². The molecule has 1 fully saturated rings. The fourth-order valence-corrected chi connectivity index (χ4v) is 5.06. The second-order valence-corrected chi connectivity index (χ2v) is 10.2. The number of aromatic amines is 1. The summed E-state index contributed by atoms with van der Waals surface area (Å²) in [6, 6.07) is 7.59. The lowest BCUT2D eigenvalue weighted by Gasteiger charge is -2.29. The monoisotopic (exact) mass is 568 g/mol. The zero-order chi connectivity index (χ0) is 28.6. The van der Waals surface area contributed by atoms with Crippen LogP contribution in [0.1, 0.15) is 32.9 Å². The molecule has 16 nitrogen and oxygen atoms in total. The molecular weight excluding hydrogens is 539 g/mol. The molecule has 2 aromatic rings. The van der Waals surface area contributed by atoms with Gasteiger partial charge in [0, 0.05) is 17.2 Å². The maximum absolute atomic E-state index is 13.8. The largest absolute Gasteiger partial charge is 0.465 e. The highest BCUT2D eigenvalue weighted by atomic mass is 31.2. The lowest BCUT2D eigenvalue weighted by Crippen LogP contribution is -2.45. The standard InChI is InChI=1S/C22H29N6O10P/c1-3-4-12-35-20(32)14(2)25-39(34,38-15-8-6-5-7-9-15)36-13-22(26-27-23)18(31)17(30)19(37-22)28-11-10-16(29)24-21(28)33/h5-11,14,17-19,30-31H,3-4,12-13H2,1-2H3,(H,25,34)(H,24,29,33)/t14-,17-,18+,19-,22-,39?/m1/s1. The minimum atomic E-state index is -4.49. The van der Waals surface area contributed by atoms with Gasteiger partial charge in [0.15, 0.2) is 6.23 Å². The number of para-hydroxylation sites is 1. The van der Waals surface area contributed by atoms with Crippen LogP contribution in [-0.4, -0.2) is 62.9 Å². The molecule has 39 heavy (non-hydrogen) atoms. The Kier molecular flexibility index (Phi) is 10.1. The third-order valence-electron chi connectivity index (χ3n) is 5.60. The summed E-state index contributed by atoms with van der Waals surface area (Å²) in [5.74, 6) is -0.651. The van der Waals surface area contributed by atoms with Crippen LogP contribution in [0, 0.1) is 0 Å². The molecule has 1 aliphatic rings. The average Bonchev–Trinajstić information content (AvgIpc) is 3.14. The van der Waals surface area contributed by atoms with Crippen molar-refractivity contribution in [3.8, 4) is 5.75 Å². The number of unbranched alkanes of at least 4 members (excludes halogenated alkanes) is 1. The predicted molar refractivity (Wildman–Crippen MR) is 134 cm³/mol. The SMILES string of the molecule is CCCCOC(=O)[C@@H](C)NP(=O)(OC[C@@]1(N=[N+]=[N-])O[C@@H](n2ccc(=O)[nH]c2=O)[C@H](O)[C@@H]1O)Oc1ccccc1. The molecule has 17 heteroatoms. The van der Waals surface area contributed by atoms with Gasteiger partial charge in [-0.3, -0.25) is 23.7 Å². The van der Waals surface area contributed by atoms with E-state index in [0.29, 0.717) is 6.42 Å². The van der Waals surface area contributed by atoms with Crippen LogP contribution < -0.4 is 20.9 Å². The molecule has 0 spiro atoms. The molecule has 1 aromatic heterocycles. The van der Waals surface area contributed by atoms with E-state index in [0.717, 1.165) is 23.3 Å². The quantitative estimate of drug-likeness (QED) is 0.0672. The molecule has 212 valence electrons. The number of carbonyl (C=O) groups is 1. The molecule has 4 N–H and O–H groups in total. The van der Waals surface area contributed by atoms with Gasteiger partial charge in [-0.15, -0.1) is 0 Å². The van der Waals surface area contributed by atoms with Gasteiger partial charge in [-0.2, -0.15) is 5.09 Å². The number of aliphatic hydroxyl groups is 2. The van der Waals surface area contributed by atoms with Gasteiger partial charge in [0.1, 0.15) is 24.0 Å². The third-order valence-corrected chi connectivity index (χ3v) is 7.22. The van der Waals surface area contributed by atoms with Crippen LogP contribution in [0.3, 0.4) is 0 Å². The Morgan fingerprint density at radius 1 is 1.33 bits per heavy atom. The molecule has 1 saturated heterocycles. The molecule has 1 unspecified atom stereocenters. The first-order chi connectivity index (χ1) is 18.5. The molecule has 0 aliphatic carbocycles. The minimum Gasteiger partial charge on any atom is -0.465 e. The zero-order valence-electron chi connectivity index (χ0n) is 21.1. The van der Waals surface area contributed by atoms with Gasteiger partial charge >= 0.3 is 19.4 Å². The van der Waals surface area contributed by atoms with Crippen molar-refractivity contribution in [2.24, 2.45) is 5.11 Å². The van der Waals surface area contributed by atoms with E-state index in [9.17, 15) is 29.2 Å². The van der Waals surface area contributed by atoms with Crippen molar-refractivity contribution >= 4 is 13.7 Å². The van der Waals surface area contributed by atoms with Gasteiger partial charge in [0.2, 0.25) is 5.72 Å². The Bertz CT molecular complexity index is 1350. The summed E-state index contributed by atoms with van der Waals surface area (Å²) >= 11 is 0. The normalized spacial score (nSPS) is 24.8. The van der Waals surface area contributed by atoms with Gasteiger partial charge in [-0.25, -0.2) is 9.36 Å². The Morgan fingerprint density at radius 3 is 2.69 bits per heavy atom. The summed E-state index contributed by atoms with van der Waals surface area (Å²) in [4.78, 5) is 40.6.